The van der Waals surface area contributed by atoms with E-state index in [4.69, 9.17) is 14.5 Å². The zero-order valence-corrected chi connectivity index (χ0v) is 17.8. The number of nitrogens with one attached hydrogen (secondary N) is 1. The highest BCUT2D eigenvalue weighted by Gasteiger charge is 2.19. The highest BCUT2D eigenvalue weighted by atomic mass is 16.5. The Morgan fingerprint density at radius 1 is 0.862 bits per heavy atom. The van der Waals surface area contributed by atoms with Crippen LogP contribution in [0, 0.1) is 0 Å². The Kier molecular flexibility index (Phi) is 8.41. The van der Waals surface area contributed by atoms with Crippen LogP contribution in [0.5, 0.6) is 11.5 Å². The largest absolute Gasteiger partial charge is 0.490 e. The molecule has 0 amide bonds. The summed E-state index contributed by atoms with van der Waals surface area (Å²) in [5.41, 5.74) is 2.39. The van der Waals surface area contributed by atoms with Gasteiger partial charge in [0.1, 0.15) is 0 Å². The van der Waals surface area contributed by atoms with Crippen LogP contribution in [0.1, 0.15) is 69.5 Å². The van der Waals surface area contributed by atoms with Crippen molar-refractivity contribution in [1.29, 1.82) is 0 Å². The lowest BCUT2D eigenvalue weighted by atomic mass is 9.97. The molecule has 0 bridgehead atoms. The van der Waals surface area contributed by atoms with Crippen LogP contribution in [-0.4, -0.2) is 25.6 Å². The average molecular weight is 395 g/mol. The molecule has 29 heavy (non-hydrogen) atoms. The van der Waals surface area contributed by atoms with Crippen molar-refractivity contribution in [2.24, 2.45) is 4.99 Å². The molecule has 3 rings (SSSR count). The van der Waals surface area contributed by atoms with Gasteiger partial charge in [-0.25, -0.2) is 0 Å². The molecule has 1 unspecified atom stereocenters. The Hall–Kier alpha value is -2.49. The van der Waals surface area contributed by atoms with Crippen molar-refractivity contribution >= 4 is 5.84 Å². The molecule has 4 heteroatoms. The van der Waals surface area contributed by atoms with Gasteiger partial charge >= 0.3 is 0 Å². The second-order valence-electron chi connectivity index (χ2n) is 7.53. The van der Waals surface area contributed by atoms with Crippen molar-refractivity contribution in [2.75, 3.05) is 19.8 Å². The number of amidine groups is 1. The Morgan fingerprint density at radius 3 is 2.38 bits per heavy atom. The summed E-state index contributed by atoms with van der Waals surface area (Å²) in [6.45, 7) is 6.53. The molecule has 1 aliphatic rings. The zero-order valence-electron chi connectivity index (χ0n) is 17.8. The van der Waals surface area contributed by atoms with Gasteiger partial charge in [0.05, 0.1) is 25.1 Å². The number of rotatable bonds is 9. The molecule has 1 heterocycles. The van der Waals surface area contributed by atoms with E-state index in [9.17, 15) is 0 Å². The summed E-state index contributed by atoms with van der Waals surface area (Å²) in [5.74, 6) is 2.75. The standard InChI is InChI=1S/C25H34N2O2/c1-3-17-28-22-15-14-21(19-23(22)29-18-4-2)25(20-11-7-5-8-12-20)27-24-13-9-6-10-16-26-24/h5,7-8,11-12,14-15,19,25H,3-4,6,9-10,13,16-18H2,1-2H3,(H,26,27). The number of ether oxygens (including phenoxy) is 2. The molecule has 0 fully saturated rings. The minimum absolute atomic E-state index is 0.0391. The van der Waals surface area contributed by atoms with E-state index in [1.807, 2.05) is 6.07 Å². The predicted octanol–water partition coefficient (Wildman–Crippen LogP) is 5.92. The number of hydrogen-bond acceptors (Lipinski definition) is 4. The Labute approximate surface area is 175 Å². The molecule has 2 aromatic rings. The third-order valence-corrected chi connectivity index (χ3v) is 5.04. The normalized spacial score (nSPS) is 15.2. The van der Waals surface area contributed by atoms with Crippen molar-refractivity contribution < 1.29 is 9.47 Å². The summed E-state index contributed by atoms with van der Waals surface area (Å²) >= 11 is 0. The zero-order chi connectivity index (χ0) is 20.3. The topological polar surface area (TPSA) is 42.8 Å². The van der Waals surface area contributed by atoms with Crippen LogP contribution in [-0.2, 0) is 0 Å². The second-order valence-corrected chi connectivity index (χ2v) is 7.53. The average Bonchev–Trinajstić information content (AvgIpc) is 3.04. The Morgan fingerprint density at radius 2 is 1.62 bits per heavy atom. The van der Waals surface area contributed by atoms with E-state index < -0.39 is 0 Å². The first kappa shape index (κ1) is 21.2. The lowest BCUT2D eigenvalue weighted by Crippen LogP contribution is -2.29. The molecule has 0 saturated carbocycles. The summed E-state index contributed by atoms with van der Waals surface area (Å²) in [6, 6.07) is 16.9. The molecule has 1 atom stereocenters. The Balaban J connectivity index is 1.92. The lowest BCUT2D eigenvalue weighted by Gasteiger charge is -2.23. The maximum absolute atomic E-state index is 6.04. The van der Waals surface area contributed by atoms with Gasteiger partial charge in [-0.05, 0) is 48.9 Å². The van der Waals surface area contributed by atoms with E-state index >= 15 is 0 Å². The number of hydrogen-bond donors (Lipinski definition) is 1. The van der Waals surface area contributed by atoms with E-state index in [-0.39, 0.29) is 6.04 Å². The maximum atomic E-state index is 6.04. The fraction of sp³-hybridized carbons (Fsp3) is 0.480. The van der Waals surface area contributed by atoms with E-state index in [0.29, 0.717) is 13.2 Å². The first-order chi connectivity index (χ1) is 14.3. The van der Waals surface area contributed by atoms with Gasteiger partial charge in [-0.3, -0.25) is 4.99 Å². The second kappa shape index (κ2) is 11.5. The monoisotopic (exact) mass is 394 g/mol. The molecule has 1 aliphatic heterocycles. The molecule has 0 aromatic heterocycles. The maximum Gasteiger partial charge on any atom is 0.161 e. The summed E-state index contributed by atoms with van der Waals surface area (Å²) in [5, 5.41) is 3.73. The van der Waals surface area contributed by atoms with Crippen molar-refractivity contribution in [3.8, 4) is 11.5 Å². The molecule has 4 nitrogen and oxygen atoms in total. The first-order valence-corrected chi connectivity index (χ1v) is 11.1. The van der Waals surface area contributed by atoms with Crippen LogP contribution in [0.3, 0.4) is 0 Å². The fourth-order valence-corrected chi connectivity index (χ4v) is 3.52. The molecule has 0 spiro atoms. The summed E-state index contributed by atoms with van der Waals surface area (Å²) in [6.07, 6.45) is 6.59. The van der Waals surface area contributed by atoms with Crippen LogP contribution < -0.4 is 14.8 Å². The quantitative estimate of drug-likeness (QED) is 0.574. The highest BCUT2D eigenvalue weighted by Crippen LogP contribution is 2.33. The summed E-state index contributed by atoms with van der Waals surface area (Å²) in [7, 11) is 0. The molecule has 0 saturated heterocycles. The van der Waals surface area contributed by atoms with Crippen LogP contribution in [0.4, 0.5) is 0 Å². The van der Waals surface area contributed by atoms with Gasteiger partial charge < -0.3 is 14.8 Å². The molecule has 1 N–H and O–H groups in total. The summed E-state index contributed by atoms with van der Waals surface area (Å²) < 4.78 is 12.0. The third kappa shape index (κ3) is 6.25. The number of aliphatic imine (C=N–C) groups is 1. The van der Waals surface area contributed by atoms with Crippen molar-refractivity contribution in [1.82, 2.24) is 5.32 Å². The van der Waals surface area contributed by atoms with Crippen LogP contribution in [0.15, 0.2) is 53.5 Å². The molecule has 0 radical (unpaired) electrons. The van der Waals surface area contributed by atoms with Crippen molar-refractivity contribution in [3.63, 3.8) is 0 Å². The van der Waals surface area contributed by atoms with Crippen LogP contribution >= 0.6 is 0 Å². The SMILES string of the molecule is CCCOc1ccc(C(NC2=NCCCCC2)c2ccccc2)cc1OCCC. The van der Waals surface area contributed by atoms with Crippen LogP contribution in [0.2, 0.25) is 0 Å². The van der Waals surface area contributed by atoms with Gasteiger partial charge in [0.25, 0.3) is 0 Å². The van der Waals surface area contributed by atoms with Crippen molar-refractivity contribution in [3.05, 3.63) is 59.7 Å². The minimum atomic E-state index is 0.0391. The van der Waals surface area contributed by atoms with Gasteiger partial charge in [-0.15, -0.1) is 0 Å². The summed E-state index contributed by atoms with van der Waals surface area (Å²) in [4.78, 5) is 4.79. The van der Waals surface area contributed by atoms with Crippen molar-refractivity contribution in [2.45, 2.75) is 58.4 Å². The Bertz CT molecular complexity index is 774. The number of nitrogens with zero attached hydrogens (tertiary/aromatic N) is 1. The molecule has 2 aromatic carbocycles. The molecular weight excluding hydrogens is 360 g/mol. The lowest BCUT2D eigenvalue weighted by molar-refractivity contribution is 0.268. The van der Waals surface area contributed by atoms with E-state index in [1.165, 1.54) is 24.8 Å². The molecule has 156 valence electrons. The van der Waals surface area contributed by atoms with E-state index in [1.54, 1.807) is 0 Å². The van der Waals surface area contributed by atoms with Gasteiger partial charge in [-0.1, -0.05) is 56.7 Å². The van der Waals surface area contributed by atoms with Gasteiger partial charge in [0.15, 0.2) is 11.5 Å². The first-order valence-electron chi connectivity index (χ1n) is 11.1. The predicted molar refractivity (Wildman–Crippen MR) is 120 cm³/mol. The minimum Gasteiger partial charge on any atom is -0.490 e. The van der Waals surface area contributed by atoms with Crippen LogP contribution in [0.25, 0.3) is 0 Å². The molecular formula is C25H34N2O2. The van der Waals surface area contributed by atoms with E-state index in [0.717, 1.165) is 48.7 Å². The number of benzene rings is 2. The van der Waals surface area contributed by atoms with Gasteiger partial charge in [0.2, 0.25) is 0 Å². The smallest absolute Gasteiger partial charge is 0.161 e. The highest BCUT2D eigenvalue weighted by molar-refractivity contribution is 5.83. The van der Waals surface area contributed by atoms with Gasteiger partial charge in [-0.2, -0.15) is 0 Å². The van der Waals surface area contributed by atoms with E-state index in [2.05, 4.69) is 61.6 Å². The molecule has 0 aliphatic carbocycles. The fourth-order valence-electron chi connectivity index (χ4n) is 3.52. The van der Waals surface area contributed by atoms with Gasteiger partial charge in [0, 0.05) is 13.0 Å². The third-order valence-electron chi connectivity index (χ3n) is 5.04.